The molecular weight excluding hydrogens is 309 g/mol. The SMILES string of the molecule is O=C1CC/C(=C\C(=O)C(Cl)(Cl)Cl)N1c1ccccc1. The second-order valence-corrected chi connectivity index (χ2v) is 6.34. The summed E-state index contributed by atoms with van der Waals surface area (Å²) in [6, 6.07) is 9.05. The third kappa shape index (κ3) is 3.30. The van der Waals surface area contributed by atoms with Gasteiger partial charge >= 0.3 is 0 Å². The Morgan fingerprint density at radius 1 is 1.16 bits per heavy atom. The molecule has 1 fully saturated rings. The van der Waals surface area contributed by atoms with Crippen LogP contribution < -0.4 is 4.90 Å². The lowest BCUT2D eigenvalue weighted by molar-refractivity contribution is -0.117. The van der Waals surface area contributed by atoms with E-state index in [-0.39, 0.29) is 5.91 Å². The fraction of sp³-hybridized carbons (Fsp3) is 0.231. The lowest BCUT2D eigenvalue weighted by atomic mass is 10.2. The maximum atomic E-state index is 11.9. The van der Waals surface area contributed by atoms with E-state index in [2.05, 4.69) is 0 Å². The fourth-order valence-electron chi connectivity index (χ4n) is 1.88. The van der Waals surface area contributed by atoms with Gasteiger partial charge in [-0.25, -0.2) is 0 Å². The molecular formula is C13H10Cl3NO2. The molecule has 1 saturated heterocycles. The highest BCUT2D eigenvalue weighted by Crippen LogP contribution is 2.32. The summed E-state index contributed by atoms with van der Waals surface area (Å²) in [7, 11) is 0. The van der Waals surface area contributed by atoms with Gasteiger partial charge in [0.1, 0.15) is 0 Å². The van der Waals surface area contributed by atoms with E-state index in [0.717, 1.165) is 0 Å². The van der Waals surface area contributed by atoms with Crippen molar-refractivity contribution in [2.75, 3.05) is 4.90 Å². The largest absolute Gasteiger partial charge is 0.290 e. The zero-order chi connectivity index (χ0) is 14.0. The predicted molar refractivity (Wildman–Crippen MR) is 76.5 cm³/mol. The van der Waals surface area contributed by atoms with E-state index in [1.807, 2.05) is 18.2 Å². The third-order valence-corrected chi connectivity index (χ3v) is 3.28. The molecule has 0 spiro atoms. The Morgan fingerprint density at radius 3 is 2.37 bits per heavy atom. The summed E-state index contributed by atoms with van der Waals surface area (Å²) in [5, 5.41) is 0. The number of para-hydroxylation sites is 1. The van der Waals surface area contributed by atoms with Crippen molar-refractivity contribution in [2.45, 2.75) is 16.6 Å². The van der Waals surface area contributed by atoms with Crippen molar-refractivity contribution < 1.29 is 9.59 Å². The minimum atomic E-state index is -2.00. The van der Waals surface area contributed by atoms with Crippen molar-refractivity contribution in [1.82, 2.24) is 0 Å². The first-order valence-electron chi connectivity index (χ1n) is 5.59. The summed E-state index contributed by atoms with van der Waals surface area (Å²) >= 11 is 16.6. The number of alkyl halides is 3. The van der Waals surface area contributed by atoms with Crippen LogP contribution in [0.5, 0.6) is 0 Å². The van der Waals surface area contributed by atoms with Gasteiger partial charge < -0.3 is 0 Å². The number of rotatable bonds is 2. The molecule has 1 aromatic carbocycles. The number of carbonyl (C=O) groups is 2. The van der Waals surface area contributed by atoms with Crippen LogP contribution in [0.3, 0.4) is 0 Å². The Kier molecular flexibility index (Phi) is 4.19. The van der Waals surface area contributed by atoms with Crippen molar-refractivity contribution >= 4 is 52.2 Å². The number of amides is 1. The zero-order valence-electron chi connectivity index (χ0n) is 9.78. The summed E-state index contributed by atoms with van der Waals surface area (Å²) in [4.78, 5) is 25.1. The Balaban J connectivity index is 2.34. The molecule has 2 rings (SSSR count). The first-order chi connectivity index (χ1) is 8.89. The molecule has 1 amide bonds. The average Bonchev–Trinajstić information content (AvgIpc) is 2.70. The first kappa shape index (κ1) is 14.4. The molecule has 0 radical (unpaired) electrons. The van der Waals surface area contributed by atoms with E-state index in [0.29, 0.717) is 24.2 Å². The smallest absolute Gasteiger partial charge is 0.252 e. The average molecular weight is 319 g/mol. The molecule has 1 aromatic rings. The van der Waals surface area contributed by atoms with Crippen LogP contribution in [0, 0.1) is 0 Å². The maximum Gasteiger partial charge on any atom is 0.252 e. The highest BCUT2D eigenvalue weighted by atomic mass is 35.6. The number of nitrogens with zero attached hydrogens (tertiary/aromatic N) is 1. The van der Waals surface area contributed by atoms with Gasteiger partial charge in [0.25, 0.3) is 3.79 Å². The Bertz CT molecular complexity index is 535. The highest BCUT2D eigenvalue weighted by Gasteiger charge is 2.33. The van der Waals surface area contributed by atoms with Crippen LogP contribution in [0.2, 0.25) is 0 Å². The number of halogens is 3. The monoisotopic (exact) mass is 317 g/mol. The molecule has 19 heavy (non-hydrogen) atoms. The highest BCUT2D eigenvalue weighted by molar-refractivity contribution is 6.77. The van der Waals surface area contributed by atoms with Gasteiger partial charge in [-0.2, -0.15) is 0 Å². The summed E-state index contributed by atoms with van der Waals surface area (Å²) < 4.78 is -2.00. The molecule has 1 aliphatic heterocycles. The molecule has 3 nitrogen and oxygen atoms in total. The van der Waals surface area contributed by atoms with Crippen molar-refractivity contribution in [3.63, 3.8) is 0 Å². The molecule has 0 bridgehead atoms. The second kappa shape index (κ2) is 5.53. The third-order valence-electron chi connectivity index (χ3n) is 2.72. The van der Waals surface area contributed by atoms with Gasteiger partial charge in [-0.15, -0.1) is 0 Å². The van der Waals surface area contributed by atoms with Gasteiger partial charge in [0.15, 0.2) is 0 Å². The summed E-state index contributed by atoms with van der Waals surface area (Å²) in [5.41, 5.74) is 1.25. The van der Waals surface area contributed by atoms with Gasteiger partial charge in [0.05, 0.1) is 0 Å². The molecule has 0 aliphatic carbocycles. The van der Waals surface area contributed by atoms with E-state index in [1.165, 1.54) is 11.0 Å². The number of hydrogen-bond donors (Lipinski definition) is 0. The molecule has 1 aliphatic rings. The molecule has 0 atom stereocenters. The van der Waals surface area contributed by atoms with Crippen molar-refractivity contribution in [2.24, 2.45) is 0 Å². The summed E-state index contributed by atoms with van der Waals surface area (Å²) in [6.07, 6.45) is 2.03. The number of benzene rings is 1. The van der Waals surface area contributed by atoms with Gasteiger partial charge in [-0.05, 0) is 18.6 Å². The predicted octanol–water partition coefficient (Wildman–Crippen LogP) is 3.64. The van der Waals surface area contributed by atoms with Crippen LogP contribution in [-0.2, 0) is 9.59 Å². The standard InChI is InChI=1S/C13H10Cl3NO2/c14-13(15,16)11(18)8-10-6-7-12(19)17(10)9-4-2-1-3-5-9/h1-5,8H,6-7H2/b10-8+. The Labute approximate surface area is 125 Å². The van der Waals surface area contributed by atoms with E-state index in [9.17, 15) is 9.59 Å². The van der Waals surface area contributed by atoms with Gasteiger partial charge in [0.2, 0.25) is 11.7 Å². The molecule has 0 unspecified atom stereocenters. The van der Waals surface area contributed by atoms with Crippen LogP contribution >= 0.6 is 34.8 Å². The molecule has 0 aromatic heterocycles. The number of ketones is 1. The lowest BCUT2D eigenvalue weighted by Gasteiger charge is -2.18. The van der Waals surface area contributed by atoms with Gasteiger partial charge in [-0.1, -0.05) is 53.0 Å². The normalized spacial score (nSPS) is 18.2. The quantitative estimate of drug-likeness (QED) is 0.617. The van der Waals surface area contributed by atoms with Crippen LogP contribution in [-0.4, -0.2) is 15.5 Å². The van der Waals surface area contributed by atoms with Crippen LogP contribution in [0.4, 0.5) is 5.69 Å². The molecule has 100 valence electrons. The fourth-order valence-corrected chi connectivity index (χ4v) is 2.04. The summed E-state index contributed by atoms with van der Waals surface area (Å²) in [5.74, 6) is -0.724. The Morgan fingerprint density at radius 2 is 1.79 bits per heavy atom. The van der Waals surface area contributed by atoms with Crippen LogP contribution in [0.15, 0.2) is 42.1 Å². The topological polar surface area (TPSA) is 37.4 Å². The maximum absolute atomic E-state index is 11.9. The van der Waals surface area contributed by atoms with Crippen LogP contribution in [0.25, 0.3) is 0 Å². The van der Waals surface area contributed by atoms with Crippen molar-refractivity contribution in [3.8, 4) is 0 Å². The number of anilines is 1. The van der Waals surface area contributed by atoms with E-state index >= 15 is 0 Å². The number of carbonyl (C=O) groups excluding carboxylic acids is 2. The number of allylic oxidation sites excluding steroid dienone is 2. The molecule has 0 saturated carbocycles. The lowest BCUT2D eigenvalue weighted by Crippen LogP contribution is -2.24. The van der Waals surface area contributed by atoms with Crippen LogP contribution in [0.1, 0.15) is 12.8 Å². The molecule has 6 heteroatoms. The van der Waals surface area contributed by atoms with E-state index in [1.54, 1.807) is 12.1 Å². The van der Waals surface area contributed by atoms with Crippen molar-refractivity contribution in [3.05, 3.63) is 42.1 Å². The van der Waals surface area contributed by atoms with E-state index in [4.69, 9.17) is 34.8 Å². The second-order valence-electron chi connectivity index (χ2n) is 4.06. The Hall–Kier alpha value is -1.03. The number of hydrogen-bond acceptors (Lipinski definition) is 2. The van der Waals surface area contributed by atoms with Gasteiger partial charge in [0, 0.05) is 23.9 Å². The zero-order valence-corrected chi connectivity index (χ0v) is 12.0. The van der Waals surface area contributed by atoms with Crippen molar-refractivity contribution in [1.29, 1.82) is 0 Å². The first-order valence-corrected chi connectivity index (χ1v) is 6.73. The minimum Gasteiger partial charge on any atom is -0.290 e. The summed E-state index contributed by atoms with van der Waals surface area (Å²) in [6.45, 7) is 0. The minimum absolute atomic E-state index is 0.0745. The molecule has 0 N–H and O–H groups in total. The molecule has 1 heterocycles. The van der Waals surface area contributed by atoms with E-state index < -0.39 is 9.58 Å². The van der Waals surface area contributed by atoms with Gasteiger partial charge in [-0.3, -0.25) is 14.5 Å².